The molecule has 32 heavy (non-hydrogen) atoms. The Labute approximate surface area is 189 Å². The number of carbonyl (C=O) groups is 2. The molecule has 7 nitrogen and oxygen atoms in total. The van der Waals surface area contributed by atoms with Crippen molar-refractivity contribution in [3.8, 4) is 5.75 Å². The Morgan fingerprint density at radius 2 is 1.81 bits per heavy atom. The predicted molar refractivity (Wildman–Crippen MR) is 126 cm³/mol. The normalized spacial score (nSPS) is 12.0. The van der Waals surface area contributed by atoms with Crippen molar-refractivity contribution in [2.75, 3.05) is 13.2 Å². The topological polar surface area (TPSA) is 85.2 Å². The molecule has 1 aromatic heterocycles. The molecule has 2 amide bonds. The smallest absolute Gasteiger partial charge is 0.255 e. The number of para-hydroxylation sites is 3. The molecule has 1 atom stereocenters. The summed E-state index contributed by atoms with van der Waals surface area (Å²) in [5.41, 5.74) is 2.50. The lowest BCUT2D eigenvalue weighted by atomic mass is 10.0. The Kier molecular flexibility index (Phi) is 7.87. The zero-order valence-electron chi connectivity index (χ0n) is 19.2. The fourth-order valence-electron chi connectivity index (χ4n) is 3.73. The highest BCUT2D eigenvalue weighted by Gasteiger charge is 2.25. The second-order valence-corrected chi connectivity index (χ2v) is 8.07. The quantitative estimate of drug-likeness (QED) is 0.475. The molecule has 0 bridgehead atoms. The van der Waals surface area contributed by atoms with Gasteiger partial charge in [-0.3, -0.25) is 9.59 Å². The van der Waals surface area contributed by atoms with Crippen molar-refractivity contribution < 1.29 is 14.3 Å². The van der Waals surface area contributed by atoms with Gasteiger partial charge in [-0.15, -0.1) is 0 Å². The maximum atomic E-state index is 12.8. The Morgan fingerprint density at radius 1 is 1.09 bits per heavy atom. The van der Waals surface area contributed by atoms with Gasteiger partial charge in [-0.05, 0) is 50.5 Å². The number of rotatable bonds is 10. The van der Waals surface area contributed by atoms with E-state index in [2.05, 4.69) is 26.3 Å². The SMILES string of the molecule is CCOc1ccccc1C(=O)NC(C(=O)NCCCn1c(C)nc2ccccc21)C(C)C. The molecule has 2 aromatic carbocycles. The number of fused-ring (bicyclic) bond motifs is 1. The largest absolute Gasteiger partial charge is 0.493 e. The van der Waals surface area contributed by atoms with E-state index in [0.717, 1.165) is 29.8 Å². The van der Waals surface area contributed by atoms with E-state index in [1.807, 2.05) is 52.0 Å². The molecular weight excluding hydrogens is 404 g/mol. The first kappa shape index (κ1) is 23.3. The van der Waals surface area contributed by atoms with E-state index < -0.39 is 6.04 Å². The van der Waals surface area contributed by atoms with Crippen LogP contribution in [0.5, 0.6) is 5.75 Å². The summed E-state index contributed by atoms with van der Waals surface area (Å²) >= 11 is 0. The fourth-order valence-corrected chi connectivity index (χ4v) is 3.73. The lowest BCUT2D eigenvalue weighted by molar-refractivity contribution is -0.123. The summed E-state index contributed by atoms with van der Waals surface area (Å²) in [6, 6.07) is 14.5. The van der Waals surface area contributed by atoms with Crippen LogP contribution in [-0.4, -0.2) is 40.6 Å². The van der Waals surface area contributed by atoms with E-state index in [0.29, 0.717) is 24.5 Å². The highest BCUT2D eigenvalue weighted by molar-refractivity contribution is 5.99. The number of hydrogen-bond acceptors (Lipinski definition) is 4. The van der Waals surface area contributed by atoms with Crippen molar-refractivity contribution in [1.82, 2.24) is 20.2 Å². The van der Waals surface area contributed by atoms with Crippen LogP contribution in [0, 0.1) is 12.8 Å². The monoisotopic (exact) mass is 436 g/mol. The van der Waals surface area contributed by atoms with E-state index in [9.17, 15) is 9.59 Å². The molecule has 3 rings (SSSR count). The first-order valence-electron chi connectivity index (χ1n) is 11.1. The molecule has 0 saturated heterocycles. The second kappa shape index (κ2) is 10.8. The van der Waals surface area contributed by atoms with Gasteiger partial charge in [-0.25, -0.2) is 4.98 Å². The molecular formula is C25H32N4O3. The van der Waals surface area contributed by atoms with Crippen molar-refractivity contribution in [3.63, 3.8) is 0 Å². The zero-order chi connectivity index (χ0) is 23.1. The maximum absolute atomic E-state index is 12.8. The van der Waals surface area contributed by atoms with Crippen molar-refractivity contribution in [1.29, 1.82) is 0 Å². The Morgan fingerprint density at radius 3 is 2.56 bits per heavy atom. The fraction of sp³-hybridized carbons (Fsp3) is 0.400. The van der Waals surface area contributed by atoms with Crippen LogP contribution in [0.15, 0.2) is 48.5 Å². The molecule has 0 saturated carbocycles. The van der Waals surface area contributed by atoms with Gasteiger partial charge in [0.15, 0.2) is 0 Å². The number of aryl methyl sites for hydroxylation is 2. The van der Waals surface area contributed by atoms with Crippen LogP contribution in [0.2, 0.25) is 0 Å². The molecule has 170 valence electrons. The number of hydrogen-bond donors (Lipinski definition) is 2. The summed E-state index contributed by atoms with van der Waals surface area (Å²) in [4.78, 5) is 30.2. The number of aromatic nitrogens is 2. The Bertz CT molecular complexity index is 1070. The molecule has 3 aromatic rings. The van der Waals surface area contributed by atoms with Gasteiger partial charge >= 0.3 is 0 Å². The standard InChI is InChI=1S/C25H32N4O3/c1-5-32-22-14-9-6-11-19(22)24(30)28-23(17(2)3)25(31)26-15-10-16-29-18(4)27-20-12-7-8-13-21(20)29/h6-9,11-14,17,23H,5,10,15-16H2,1-4H3,(H,26,31)(H,28,30). The molecule has 7 heteroatoms. The molecule has 1 unspecified atom stereocenters. The molecule has 0 aliphatic rings. The highest BCUT2D eigenvalue weighted by atomic mass is 16.5. The van der Waals surface area contributed by atoms with Crippen LogP contribution in [0.1, 0.15) is 43.4 Å². The number of benzene rings is 2. The number of nitrogens with one attached hydrogen (secondary N) is 2. The first-order chi connectivity index (χ1) is 15.4. The summed E-state index contributed by atoms with van der Waals surface area (Å²) in [7, 11) is 0. The van der Waals surface area contributed by atoms with E-state index in [4.69, 9.17) is 4.74 Å². The third kappa shape index (κ3) is 5.46. The minimum atomic E-state index is -0.631. The van der Waals surface area contributed by atoms with E-state index in [1.165, 1.54) is 0 Å². The number of ether oxygens (including phenoxy) is 1. The number of amides is 2. The van der Waals surface area contributed by atoms with Gasteiger partial charge in [-0.1, -0.05) is 38.1 Å². The van der Waals surface area contributed by atoms with Crippen molar-refractivity contribution in [3.05, 3.63) is 59.9 Å². The predicted octanol–water partition coefficient (Wildman–Crippen LogP) is 3.70. The second-order valence-electron chi connectivity index (χ2n) is 8.07. The van der Waals surface area contributed by atoms with Gasteiger partial charge in [0.2, 0.25) is 5.91 Å². The zero-order valence-corrected chi connectivity index (χ0v) is 19.2. The molecule has 1 heterocycles. The summed E-state index contributed by atoms with van der Waals surface area (Å²) < 4.78 is 7.71. The van der Waals surface area contributed by atoms with Crippen LogP contribution < -0.4 is 15.4 Å². The summed E-state index contributed by atoms with van der Waals surface area (Å²) in [6.45, 7) is 9.42. The van der Waals surface area contributed by atoms with Gasteiger partial charge in [0.25, 0.3) is 5.91 Å². The van der Waals surface area contributed by atoms with Crippen LogP contribution in [0.3, 0.4) is 0 Å². The van der Waals surface area contributed by atoms with Crippen LogP contribution in [-0.2, 0) is 11.3 Å². The minimum absolute atomic E-state index is 0.0574. The summed E-state index contributed by atoms with van der Waals surface area (Å²) in [5.74, 6) is 0.909. The van der Waals surface area contributed by atoms with Crippen molar-refractivity contribution >= 4 is 22.8 Å². The Hall–Kier alpha value is -3.35. The molecule has 0 radical (unpaired) electrons. The first-order valence-corrected chi connectivity index (χ1v) is 11.1. The maximum Gasteiger partial charge on any atom is 0.255 e. The Balaban J connectivity index is 1.57. The molecule has 2 N–H and O–H groups in total. The van der Waals surface area contributed by atoms with E-state index >= 15 is 0 Å². The number of nitrogens with zero attached hydrogens (tertiary/aromatic N) is 2. The average Bonchev–Trinajstić information content (AvgIpc) is 3.10. The van der Waals surface area contributed by atoms with E-state index in [1.54, 1.807) is 18.2 Å². The molecule has 0 aliphatic carbocycles. The molecule has 0 fully saturated rings. The lowest BCUT2D eigenvalue weighted by Gasteiger charge is -2.22. The average molecular weight is 437 g/mol. The lowest BCUT2D eigenvalue weighted by Crippen LogP contribution is -2.50. The van der Waals surface area contributed by atoms with Gasteiger partial charge in [0.05, 0.1) is 23.2 Å². The van der Waals surface area contributed by atoms with Crippen LogP contribution in [0.25, 0.3) is 11.0 Å². The van der Waals surface area contributed by atoms with Crippen molar-refractivity contribution in [2.24, 2.45) is 5.92 Å². The third-order valence-electron chi connectivity index (χ3n) is 5.37. The highest BCUT2D eigenvalue weighted by Crippen LogP contribution is 2.19. The summed E-state index contributed by atoms with van der Waals surface area (Å²) in [6.07, 6.45) is 0.763. The third-order valence-corrected chi connectivity index (χ3v) is 5.37. The van der Waals surface area contributed by atoms with E-state index in [-0.39, 0.29) is 17.7 Å². The van der Waals surface area contributed by atoms with Gasteiger partial charge in [-0.2, -0.15) is 0 Å². The minimum Gasteiger partial charge on any atom is -0.493 e. The van der Waals surface area contributed by atoms with Gasteiger partial charge in [0.1, 0.15) is 17.6 Å². The van der Waals surface area contributed by atoms with Crippen molar-refractivity contribution in [2.45, 2.75) is 46.7 Å². The summed E-state index contributed by atoms with van der Waals surface area (Å²) in [5, 5.41) is 5.84. The number of imidazole rings is 1. The molecule has 0 spiro atoms. The van der Waals surface area contributed by atoms with Gasteiger partial charge < -0.3 is 19.9 Å². The van der Waals surface area contributed by atoms with Crippen LogP contribution in [0.4, 0.5) is 0 Å². The molecule has 0 aliphatic heterocycles. The number of carbonyl (C=O) groups excluding carboxylic acids is 2. The van der Waals surface area contributed by atoms with Gasteiger partial charge in [0, 0.05) is 13.1 Å². The van der Waals surface area contributed by atoms with Crippen LogP contribution >= 0.6 is 0 Å².